The Bertz CT molecular complexity index is 671. The Morgan fingerprint density at radius 1 is 0.750 bits per heavy atom. The third-order valence-electron chi connectivity index (χ3n) is 7.39. The molecule has 0 radical (unpaired) electrons. The smallest absolute Gasteiger partial charge is 0.104 e. The summed E-state index contributed by atoms with van der Waals surface area (Å²) >= 11 is 3.68. The lowest BCUT2D eigenvalue weighted by molar-refractivity contribution is -0.277. The van der Waals surface area contributed by atoms with Crippen LogP contribution >= 0.6 is 15.9 Å². The van der Waals surface area contributed by atoms with Crippen molar-refractivity contribution in [3.63, 3.8) is 0 Å². The lowest BCUT2D eigenvalue weighted by Crippen LogP contribution is -2.87. The topological polar surface area (TPSA) is 13.0 Å². The minimum Gasteiger partial charge on any atom is -0.282 e. The highest BCUT2D eigenvalue weighted by atomic mass is 79.9. The molecule has 2 unspecified atom stereocenters. The van der Waals surface area contributed by atoms with Gasteiger partial charge < -0.3 is 0 Å². The summed E-state index contributed by atoms with van der Waals surface area (Å²) in [6.07, 6.45) is 1.32. The van der Waals surface area contributed by atoms with E-state index in [4.69, 9.17) is 0 Å². The second kappa shape index (κ2) is 5.27. The van der Waals surface area contributed by atoms with Gasteiger partial charge in [0.25, 0.3) is 0 Å². The van der Waals surface area contributed by atoms with E-state index in [1.807, 2.05) is 0 Å². The first-order chi connectivity index (χ1) is 11.5. The Kier molecular flexibility index (Phi) is 3.46. The van der Waals surface area contributed by atoms with Gasteiger partial charge in [0, 0.05) is 56.8 Å². The van der Waals surface area contributed by atoms with Gasteiger partial charge in [0.05, 0.1) is 0 Å². The molecule has 0 bridgehead atoms. The van der Waals surface area contributed by atoms with Crippen LogP contribution in [0, 0.1) is 0 Å². The van der Waals surface area contributed by atoms with E-state index in [0.29, 0.717) is 0 Å². The molecule has 0 amide bonds. The van der Waals surface area contributed by atoms with E-state index < -0.39 is 0 Å². The fourth-order valence-electron chi connectivity index (χ4n) is 5.84. The Balaban J connectivity index is 1.65. The van der Waals surface area contributed by atoms with Crippen LogP contribution in [0.4, 0.5) is 0 Å². The van der Waals surface area contributed by atoms with Crippen LogP contribution in [0.25, 0.3) is 0 Å². The van der Waals surface area contributed by atoms with E-state index in [0.717, 1.165) is 13.1 Å². The summed E-state index contributed by atoms with van der Waals surface area (Å²) in [5.41, 5.74) is 3.21. The van der Waals surface area contributed by atoms with Crippen molar-refractivity contribution in [2.75, 3.05) is 39.3 Å². The molecule has 130 valence electrons. The maximum atomic E-state index is 3.68. The van der Waals surface area contributed by atoms with E-state index in [9.17, 15) is 0 Å². The van der Waals surface area contributed by atoms with Crippen LogP contribution in [0.15, 0.2) is 22.7 Å². The minimum absolute atomic E-state index is 0.0788. The zero-order chi connectivity index (χ0) is 16.5. The van der Waals surface area contributed by atoms with E-state index in [2.05, 4.69) is 67.6 Å². The van der Waals surface area contributed by atoms with Crippen LogP contribution in [-0.4, -0.2) is 70.2 Å². The van der Waals surface area contributed by atoms with E-state index in [1.165, 1.54) is 61.3 Å². The van der Waals surface area contributed by atoms with E-state index in [-0.39, 0.29) is 11.3 Å². The summed E-state index contributed by atoms with van der Waals surface area (Å²) in [6, 6.07) is 6.87. The summed E-state index contributed by atoms with van der Waals surface area (Å²) in [6.45, 7) is 14.4. The fourth-order valence-corrected chi connectivity index (χ4v) is 6.24. The summed E-state index contributed by atoms with van der Waals surface area (Å²) in [7, 11) is 0. The van der Waals surface area contributed by atoms with Gasteiger partial charge in [0.15, 0.2) is 0 Å². The van der Waals surface area contributed by atoms with Gasteiger partial charge in [-0.25, -0.2) is 0 Å². The quantitative estimate of drug-likeness (QED) is 0.674. The highest BCUT2D eigenvalue weighted by molar-refractivity contribution is 9.10. The zero-order valence-corrected chi connectivity index (χ0v) is 16.3. The van der Waals surface area contributed by atoms with Gasteiger partial charge in [-0.2, -0.15) is 0 Å². The highest BCUT2D eigenvalue weighted by Crippen LogP contribution is 2.48. The van der Waals surface area contributed by atoms with Gasteiger partial charge in [0.1, 0.15) is 11.3 Å². The standard InChI is InChI=1S/C19H27BrN4/c1-18-19(2)23-10-8-21(18)6-3-7-22(18)9-11-24(19)14-16-12-17(20)5-4-15(16)13-23/h4-5,12H,3,6-11,13-14H2,1-2H3. The van der Waals surface area contributed by atoms with Crippen molar-refractivity contribution in [3.05, 3.63) is 33.8 Å². The van der Waals surface area contributed by atoms with Crippen LogP contribution in [0.5, 0.6) is 0 Å². The molecule has 24 heavy (non-hydrogen) atoms. The second-order valence-electron chi connectivity index (χ2n) is 8.13. The summed E-state index contributed by atoms with van der Waals surface area (Å²) in [5, 5.41) is 0. The lowest BCUT2D eigenvalue weighted by Gasteiger charge is -2.71. The van der Waals surface area contributed by atoms with Crippen LogP contribution in [0.3, 0.4) is 0 Å². The summed E-state index contributed by atoms with van der Waals surface area (Å²) in [4.78, 5) is 11.1. The average molecular weight is 391 g/mol. The molecule has 1 aromatic carbocycles. The number of rotatable bonds is 0. The molecule has 0 N–H and O–H groups in total. The van der Waals surface area contributed by atoms with Crippen LogP contribution in [0.1, 0.15) is 31.4 Å². The normalized spacial score (nSPS) is 37.6. The van der Waals surface area contributed by atoms with Gasteiger partial charge in [-0.1, -0.05) is 22.0 Å². The van der Waals surface area contributed by atoms with Crippen LogP contribution in [0.2, 0.25) is 0 Å². The molecular weight excluding hydrogens is 364 g/mol. The Hall–Kier alpha value is -0.460. The molecule has 5 heteroatoms. The van der Waals surface area contributed by atoms with Gasteiger partial charge >= 0.3 is 0 Å². The largest absolute Gasteiger partial charge is 0.282 e. The monoisotopic (exact) mass is 390 g/mol. The third kappa shape index (κ3) is 1.88. The van der Waals surface area contributed by atoms with Crippen molar-refractivity contribution >= 4 is 15.9 Å². The van der Waals surface area contributed by atoms with Crippen molar-refractivity contribution in [3.8, 4) is 0 Å². The number of halogens is 1. The molecule has 3 fully saturated rings. The molecule has 3 saturated heterocycles. The second-order valence-corrected chi connectivity index (χ2v) is 9.04. The molecule has 4 aliphatic heterocycles. The van der Waals surface area contributed by atoms with Crippen molar-refractivity contribution in [1.29, 1.82) is 0 Å². The van der Waals surface area contributed by atoms with Crippen molar-refractivity contribution in [2.45, 2.75) is 44.7 Å². The third-order valence-corrected chi connectivity index (χ3v) is 7.88. The van der Waals surface area contributed by atoms with Crippen molar-refractivity contribution < 1.29 is 0 Å². The van der Waals surface area contributed by atoms with E-state index >= 15 is 0 Å². The summed E-state index contributed by atoms with van der Waals surface area (Å²) in [5.74, 6) is 0. The predicted molar refractivity (Wildman–Crippen MR) is 99.5 cm³/mol. The number of piperazine rings is 2. The molecule has 0 aliphatic carbocycles. The molecule has 4 heterocycles. The van der Waals surface area contributed by atoms with Gasteiger partial charge in [-0.15, -0.1) is 0 Å². The zero-order valence-electron chi connectivity index (χ0n) is 14.8. The lowest BCUT2D eigenvalue weighted by atomic mass is 9.81. The SMILES string of the molecule is CC12N3CCCN1CCN1Cc4cc(Br)ccc4CN(CC3)C12C. The molecular formula is C19H27BrN4. The maximum absolute atomic E-state index is 3.68. The molecule has 4 aliphatic rings. The predicted octanol–water partition coefficient (Wildman–Crippen LogP) is 2.53. The molecule has 0 spiro atoms. The Morgan fingerprint density at radius 3 is 1.96 bits per heavy atom. The molecule has 0 aromatic heterocycles. The van der Waals surface area contributed by atoms with Crippen LogP contribution in [-0.2, 0) is 13.1 Å². The molecule has 4 nitrogen and oxygen atoms in total. The number of fused-ring (bicyclic) bond motifs is 1. The maximum Gasteiger partial charge on any atom is 0.104 e. The number of hydrogen-bond donors (Lipinski definition) is 0. The van der Waals surface area contributed by atoms with E-state index in [1.54, 1.807) is 0 Å². The van der Waals surface area contributed by atoms with Crippen LogP contribution < -0.4 is 0 Å². The number of hydrogen-bond acceptors (Lipinski definition) is 4. The van der Waals surface area contributed by atoms with Crippen molar-refractivity contribution in [1.82, 2.24) is 19.6 Å². The highest BCUT2D eigenvalue weighted by Gasteiger charge is 2.63. The molecule has 5 rings (SSSR count). The van der Waals surface area contributed by atoms with Crippen molar-refractivity contribution in [2.24, 2.45) is 0 Å². The molecule has 1 aromatic rings. The van der Waals surface area contributed by atoms with Gasteiger partial charge in [-0.05, 0) is 43.5 Å². The minimum atomic E-state index is 0.0788. The first-order valence-electron chi connectivity index (χ1n) is 9.31. The first-order valence-corrected chi connectivity index (χ1v) is 10.1. The fraction of sp³-hybridized carbons (Fsp3) is 0.684. The molecule has 0 saturated carbocycles. The summed E-state index contributed by atoms with van der Waals surface area (Å²) < 4.78 is 1.20. The Morgan fingerprint density at radius 2 is 1.29 bits per heavy atom. The van der Waals surface area contributed by atoms with Gasteiger partial charge in [-0.3, -0.25) is 19.6 Å². The van der Waals surface area contributed by atoms with Gasteiger partial charge in [0.2, 0.25) is 0 Å². The number of benzene rings is 1. The average Bonchev–Trinajstić information content (AvgIpc) is 2.68. The molecule has 2 atom stereocenters. The Labute approximate surface area is 153 Å². The number of nitrogens with zero attached hydrogens (tertiary/aromatic N) is 4. The first kappa shape index (κ1) is 15.8.